The third-order valence-electron chi connectivity index (χ3n) is 9.46. The number of hydrogen-bond acceptors (Lipinski definition) is 6. The number of anilines is 2. The zero-order valence-electron chi connectivity index (χ0n) is 32.7. The number of nitrogens with one attached hydrogen (secondary N) is 4. The van der Waals surface area contributed by atoms with Crippen LogP contribution in [0, 0.1) is 5.82 Å². The van der Waals surface area contributed by atoms with Gasteiger partial charge in [0.25, 0.3) is 11.8 Å². The van der Waals surface area contributed by atoms with Crippen LogP contribution in [0.1, 0.15) is 26.3 Å². The summed E-state index contributed by atoms with van der Waals surface area (Å²) in [6.45, 7) is 0. The summed E-state index contributed by atoms with van der Waals surface area (Å²) in [6.07, 6.45) is -3.10. The highest BCUT2D eigenvalue weighted by molar-refractivity contribution is 6.39. The van der Waals surface area contributed by atoms with Gasteiger partial charge in [-0.05, 0) is 115 Å². The molecule has 65 heavy (non-hydrogen) atoms. The Morgan fingerprint density at radius 3 is 1.63 bits per heavy atom. The van der Waals surface area contributed by atoms with Gasteiger partial charge in [-0.25, -0.2) is 19.3 Å². The molecule has 19 heteroatoms. The molecule has 0 radical (unpaired) electrons. The Kier molecular flexibility index (Phi) is 13.0. The van der Waals surface area contributed by atoms with Gasteiger partial charge < -0.3 is 25.3 Å². The van der Waals surface area contributed by atoms with Crippen LogP contribution in [0.15, 0.2) is 134 Å². The minimum atomic E-state index is -4.64. The first-order valence-corrected chi connectivity index (χ1v) is 20.8. The lowest BCUT2D eigenvalue weighted by atomic mass is 10.1. The number of H-pyrrole nitrogens is 2. The number of benzene rings is 6. The number of amides is 2. The van der Waals surface area contributed by atoms with Gasteiger partial charge in [0.1, 0.15) is 28.9 Å². The Bertz CT molecular complexity index is 3230. The molecule has 0 spiro atoms. The van der Waals surface area contributed by atoms with E-state index in [2.05, 4.69) is 35.6 Å². The molecule has 0 bridgehead atoms. The fourth-order valence-electron chi connectivity index (χ4n) is 6.39. The van der Waals surface area contributed by atoms with Crippen LogP contribution in [0.5, 0.6) is 11.6 Å². The average molecular weight is 978 g/mol. The smallest absolute Gasteiger partial charge is 0.417 e. The van der Waals surface area contributed by atoms with Gasteiger partial charge in [0, 0.05) is 23.0 Å². The second-order valence-electron chi connectivity index (χ2n) is 13.8. The number of imidazole rings is 2. The van der Waals surface area contributed by atoms with E-state index in [-0.39, 0.29) is 28.9 Å². The molecular formula is C46H26Cl5F4N7O3. The van der Waals surface area contributed by atoms with Crippen molar-refractivity contribution in [3.8, 4) is 34.4 Å². The molecule has 0 saturated carbocycles. The number of carbonyl (C=O) groups excluding carboxylic acids is 2. The number of aromatic nitrogens is 5. The number of rotatable bonds is 8. The van der Waals surface area contributed by atoms with Crippen molar-refractivity contribution >= 4 is 103 Å². The normalized spacial score (nSPS) is 11.3. The quantitative estimate of drug-likeness (QED) is 0.112. The monoisotopic (exact) mass is 975 g/mol. The van der Waals surface area contributed by atoms with Crippen molar-refractivity contribution in [1.29, 1.82) is 0 Å². The molecule has 0 aliphatic rings. The number of alkyl halides is 3. The number of nitrogens with zero attached hydrogens (tertiary/aromatic N) is 3. The largest absolute Gasteiger partial charge is 0.437 e. The molecule has 326 valence electrons. The first kappa shape index (κ1) is 44.9. The second-order valence-corrected chi connectivity index (χ2v) is 15.9. The van der Waals surface area contributed by atoms with Crippen LogP contribution < -0.4 is 15.4 Å². The molecular weight excluding hydrogens is 952 g/mol. The van der Waals surface area contributed by atoms with Crippen LogP contribution in [0.2, 0.25) is 25.1 Å². The zero-order valence-corrected chi connectivity index (χ0v) is 36.4. The summed E-state index contributed by atoms with van der Waals surface area (Å²) in [7, 11) is 0. The van der Waals surface area contributed by atoms with Gasteiger partial charge in [0.15, 0.2) is 0 Å². The van der Waals surface area contributed by atoms with Crippen molar-refractivity contribution in [1.82, 2.24) is 24.9 Å². The Morgan fingerprint density at radius 1 is 0.585 bits per heavy atom. The van der Waals surface area contributed by atoms with Crippen molar-refractivity contribution < 1.29 is 31.9 Å². The fraction of sp³-hybridized carbons (Fsp3) is 0.0217. The van der Waals surface area contributed by atoms with Crippen LogP contribution in [0.4, 0.5) is 28.9 Å². The standard InChI is InChI=1S/C25H15Cl2FN4O2.C21H11Cl3F3N3O/c26-17-3-1-4-18(27)22(17)23-30-19-11-6-14(13-21(19)31-23)24(33)32-20-5-2-12-29-25(20)34-16-9-7-15(28)8-10-16;22-13-6-5-11(9-12(13)21(25,26)27)28-20(31)10-4-7-16-17(8-10)30-19(29-16)18-14(23)2-1-3-15(18)24/h1-13H,(H,30,31)(H,32,33);1-9H,(H,28,31)(H,29,30). The lowest BCUT2D eigenvalue weighted by molar-refractivity contribution is -0.137. The van der Waals surface area contributed by atoms with E-state index in [0.717, 1.165) is 12.1 Å². The van der Waals surface area contributed by atoms with E-state index >= 15 is 0 Å². The minimum absolute atomic E-state index is 0.0324. The van der Waals surface area contributed by atoms with E-state index < -0.39 is 22.7 Å². The van der Waals surface area contributed by atoms with Crippen LogP contribution in [-0.4, -0.2) is 36.7 Å². The molecule has 9 rings (SSSR count). The predicted molar refractivity (Wildman–Crippen MR) is 246 cm³/mol. The third kappa shape index (κ3) is 10.2. The van der Waals surface area contributed by atoms with E-state index in [1.165, 1.54) is 48.7 Å². The van der Waals surface area contributed by atoms with Gasteiger partial charge >= 0.3 is 6.18 Å². The number of ether oxygens (including phenoxy) is 1. The summed E-state index contributed by atoms with van der Waals surface area (Å²) >= 11 is 30.7. The number of carbonyl (C=O) groups is 2. The van der Waals surface area contributed by atoms with Crippen molar-refractivity contribution in [2.24, 2.45) is 0 Å². The van der Waals surface area contributed by atoms with E-state index in [1.807, 2.05) is 0 Å². The molecule has 2 amide bonds. The number of hydrogen-bond donors (Lipinski definition) is 4. The molecule has 0 fully saturated rings. The zero-order chi connectivity index (χ0) is 46.0. The van der Waals surface area contributed by atoms with Gasteiger partial charge in [-0.3, -0.25) is 9.59 Å². The van der Waals surface area contributed by atoms with Crippen molar-refractivity contribution in [3.05, 3.63) is 181 Å². The topological polar surface area (TPSA) is 138 Å². The van der Waals surface area contributed by atoms with Gasteiger partial charge in [0.05, 0.1) is 63.9 Å². The molecule has 0 aliphatic heterocycles. The third-order valence-corrected chi connectivity index (χ3v) is 11.1. The Morgan fingerprint density at radius 2 is 1.11 bits per heavy atom. The van der Waals surface area contributed by atoms with Crippen LogP contribution >= 0.6 is 58.0 Å². The number of pyridine rings is 1. The second kappa shape index (κ2) is 18.8. The maximum atomic E-state index is 13.2. The van der Waals surface area contributed by atoms with Gasteiger partial charge in [-0.2, -0.15) is 13.2 Å². The Hall–Kier alpha value is -6.68. The number of fused-ring (bicyclic) bond motifs is 2. The highest BCUT2D eigenvalue weighted by atomic mass is 35.5. The van der Waals surface area contributed by atoms with E-state index in [9.17, 15) is 27.2 Å². The van der Waals surface area contributed by atoms with Crippen molar-refractivity contribution in [2.45, 2.75) is 6.18 Å². The highest BCUT2D eigenvalue weighted by Gasteiger charge is 2.33. The van der Waals surface area contributed by atoms with Gasteiger partial charge in [-0.1, -0.05) is 70.1 Å². The average Bonchev–Trinajstić information content (AvgIpc) is 3.89. The van der Waals surface area contributed by atoms with Crippen molar-refractivity contribution in [3.63, 3.8) is 0 Å². The maximum Gasteiger partial charge on any atom is 0.417 e. The summed E-state index contributed by atoms with van der Waals surface area (Å²) in [4.78, 5) is 45.0. The molecule has 3 heterocycles. The molecule has 9 aromatic rings. The number of halogens is 9. The Balaban J connectivity index is 0.000000178. The molecule has 10 nitrogen and oxygen atoms in total. The molecule has 0 atom stereocenters. The summed E-state index contributed by atoms with van der Waals surface area (Å²) in [5, 5.41) is 6.55. The lowest BCUT2D eigenvalue weighted by Gasteiger charge is -2.11. The molecule has 0 aliphatic carbocycles. The molecule has 4 N–H and O–H groups in total. The first-order chi connectivity index (χ1) is 31.1. The van der Waals surface area contributed by atoms with Gasteiger partial charge in [-0.15, -0.1) is 0 Å². The van der Waals surface area contributed by atoms with E-state index in [1.54, 1.807) is 72.8 Å². The summed E-state index contributed by atoms with van der Waals surface area (Å²) < 4.78 is 58.0. The molecule has 6 aromatic carbocycles. The summed E-state index contributed by atoms with van der Waals surface area (Å²) in [5.41, 5.74) is 3.43. The Labute approximate surface area is 390 Å². The van der Waals surface area contributed by atoms with Gasteiger partial charge in [0.2, 0.25) is 5.88 Å². The van der Waals surface area contributed by atoms with E-state index in [0.29, 0.717) is 81.9 Å². The van der Waals surface area contributed by atoms with Crippen LogP contribution in [0.3, 0.4) is 0 Å². The lowest BCUT2D eigenvalue weighted by Crippen LogP contribution is -2.13. The van der Waals surface area contributed by atoms with Crippen molar-refractivity contribution in [2.75, 3.05) is 10.6 Å². The van der Waals surface area contributed by atoms with Crippen LogP contribution in [-0.2, 0) is 6.18 Å². The van der Waals surface area contributed by atoms with E-state index in [4.69, 9.17) is 62.7 Å². The minimum Gasteiger partial charge on any atom is -0.437 e. The first-order valence-electron chi connectivity index (χ1n) is 18.9. The molecule has 0 unspecified atom stereocenters. The predicted octanol–water partition coefficient (Wildman–Crippen LogP) is 14.6. The van der Waals surface area contributed by atoms with Crippen LogP contribution in [0.25, 0.3) is 44.8 Å². The fourth-order valence-corrected chi connectivity index (χ4v) is 7.76. The number of aromatic amines is 2. The molecule has 3 aromatic heterocycles. The highest BCUT2D eigenvalue weighted by Crippen LogP contribution is 2.38. The maximum absolute atomic E-state index is 13.2. The summed E-state index contributed by atoms with van der Waals surface area (Å²) in [6, 6.07) is 32.0. The SMILES string of the molecule is O=C(Nc1ccc(Cl)c(C(F)(F)F)c1)c1ccc2nc(-c3c(Cl)cccc3Cl)[nH]c2c1.O=C(Nc1cccnc1Oc1ccc(F)cc1)c1ccc2nc(-c3c(Cl)cccc3Cl)[nH]c2c1. The summed E-state index contributed by atoms with van der Waals surface area (Å²) in [5.74, 6) is 0.160. The molecule has 0 saturated heterocycles.